The minimum absolute atomic E-state index is 0.398. The molecule has 3 unspecified atom stereocenters. The number of aliphatic carboxylic acids is 3. The van der Waals surface area contributed by atoms with Crippen molar-refractivity contribution in [3.63, 3.8) is 0 Å². The van der Waals surface area contributed by atoms with E-state index in [0.717, 1.165) is 12.8 Å². The lowest BCUT2D eigenvalue weighted by Crippen LogP contribution is -2.48. The van der Waals surface area contributed by atoms with E-state index in [4.69, 9.17) is 0 Å². The predicted molar refractivity (Wildman–Crippen MR) is 188 cm³/mol. The summed E-state index contributed by atoms with van der Waals surface area (Å²) in [6.45, 7) is 8.87. The van der Waals surface area contributed by atoms with Gasteiger partial charge in [0.2, 0.25) is 0 Å². The lowest BCUT2D eigenvalue weighted by molar-refractivity contribution is -0.881. The van der Waals surface area contributed by atoms with E-state index in [1.807, 2.05) is 0 Å². The van der Waals surface area contributed by atoms with Gasteiger partial charge in [-0.1, -0.05) is 150 Å². The SMILES string of the molecule is CCCCCCCCCCCCCCCCCCCCCC/C=C/[N+](CCC(C)C(=O)[O-])(CCC(C)C(=O)O)CCC(C)C(=O)O. The summed E-state index contributed by atoms with van der Waals surface area (Å²) in [5, 5.41) is 30.3. The smallest absolute Gasteiger partial charge is 0.306 e. The van der Waals surface area contributed by atoms with Crippen LogP contribution >= 0.6 is 0 Å². The van der Waals surface area contributed by atoms with Crippen molar-refractivity contribution in [2.75, 3.05) is 19.6 Å². The monoisotopic (exact) mass is 652 g/mol. The number of hydrogen-bond acceptors (Lipinski definition) is 4. The topological polar surface area (TPSA) is 115 Å². The second kappa shape index (κ2) is 29.3. The normalized spacial score (nSPS) is 15.0. The highest BCUT2D eigenvalue weighted by Gasteiger charge is 2.29. The third-order valence-electron chi connectivity index (χ3n) is 9.91. The first-order chi connectivity index (χ1) is 22.0. The molecule has 2 N–H and O–H groups in total. The molecule has 7 heteroatoms. The van der Waals surface area contributed by atoms with Gasteiger partial charge < -0.3 is 20.1 Å². The van der Waals surface area contributed by atoms with Crippen LogP contribution in [0.1, 0.15) is 182 Å². The summed E-state index contributed by atoms with van der Waals surface area (Å²) < 4.78 is 0.409. The lowest BCUT2D eigenvalue weighted by atomic mass is 10.0. The van der Waals surface area contributed by atoms with Crippen molar-refractivity contribution < 1.29 is 34.2 Å². The van der Waals surface area contributed by atoms with Crippen LogP contribution in [-0.2, 0) is 14.4 Å². The summed E-state index contributed by atoms with van der Waals surface area (Å²) in [6, 6.07) is 0. The van der Waals surface area contributed by atoms with E-state index in [0.29, 0.717) is 43.4 Å². The second-order valence-corrected chi connectivity index (χ2v) is 14.3. The van der Waals surface area contributed by atoms with Crippen LogP contribution in [0.5, 0.6) is 0 Å². The first-order valence-corrected chi connectivity index (χ1v) is 19.2. The number of carboxylic acid groups (broad SMARTS) is 3. The molecule has 7 nitrogen and oxygen atoms in total. The van der Waals surface area contributed by atoms with E-state index in [9.17, 15) is 29.7 Å². The Hall–Kier alpha value is -1.89. The summed E-state index contributed by atoms with van der Waals surface area (Å²) in [5.41, 5.74) is 0. The molecule has 270 valence electrons. The van der Waals surface area contributed by atoms with Crippen molar-refractivity contribution in [2.24, 2.45) is 17.8 Å². The maximum atomic E-state index is 11.5. The van der Waals surface area contributed by atoms with Crippen LogP contribution in [-0.4, -0.2) is 52.2 Å². The van der Waals surface area contributed by atoms with Crippen LogP contribution in [0.15, 0.2) is 12.3 Å². The van der Waals surface area contributed by atoms with Gasteiger partial charge in [0, 0.05) is 31.1 Å². The standard InChI is InChI=1S/C39H73NO6/c1-5-6-7-8-9-10-11-12-13-14-15-16-17-18-19-20-21-22-23-24-25-26-30-40(31-27-34(2)37(41)42,32-28-35(3)38(43)44)33-29-36(4)39(45)46/h26,30,34-36H,5-25,27-29,31-33H2,1-4H3,(H2-,41,42,43,44,45,46)/b30-26+. The van der Waals surface area contributed by atoms with Gasteiger partial charge in [-0.2, -0.15) is 0 Å². The molecule has 0 aliphatic heterocycles. The molecular formula is C39H73NO6. The van der Waals surface area contributed by atoms with E-state index < -0.39 is 35.7 Å². The van der Waals surface area contributed by atoms with Crippen molar-refractivity contribution in [2.45, 2.75) is 182 Å². The average Bonchev–Trinajstić information content (AvgIpc) is 3.03. The summed E-state index contributed by atoms with van der Waals surface area (Å²) in [4.78, 5) is 34.4. The summed E-state index contributed by atoms with van der Waals surface area (Å²) >= 11 is 0. The Balaban J connectivity index is 4.35. The van der Waals surface area contributed by atoms with Crippen molar-refractivity contribution in [1.29, 1.82) is 0 Å². The molecule has 0 aromatic heterocycles. The highest BCUT2D eigenvalue weighted by atomic mass is 16.4. The fraction of sp³-hybridized carbons (Fsp3) is 0.872. The maximum Gasteiger partial charge on any atom is 0.306 e. The van der Waals surface area contributed by atoms with Gasteiger partial charge in [-0.15, -0.1) is 0 Å². The van der Waals surface area contributed by atoms with Crippen LogP contribution in [0.25, 0.3) is 0 Å². The van der Waals surface area contributed by atoms with Crippen LogP contribution in [0.3, 0.4) is 0 Å². The molecule has 46 heavy (non-hydrogen) atoms. The minimum Gasteiger partial charge on any atom is -0.550 e. The number of nitrogens with zero attached hydrogens (tertiary/aromatic N) is 1. The third kappa shape index (κ3) is 25.2. The largest absolute Gasteiger partial charge is 0.550 e. The van der Waals surface area contributed by atoms with Gasteiger partial charge in [-0.05, 0) is 18.9 Å². The first-order valence-electron chi connectivity index (χ1n) is 19.2. The van der Waals surface area contributed by atoms with Crippen LogP contribution in [0.2, 0.25) is 0 Å². The summed E-state index contributed by atoms with van der Waals surface area (Å²) in [5.74, 6) is -4.47. The van der Waals surface area contributed by atoms with Crippen molar-refractivity contribution in [3.05, 3.63) is 12.3 Å². The molecule has 0 rings (SSSR count). The van der Waals surface area contributed by atoms with Crippen molar-refractivity contribution >= 4 is 17.9 Å². The average molecular weight is 652 g/mol. The molecule has 0 aromatic rings. The minimum atomic E-state index is -1.09. The fourth-order valence-corrected chi connectivity index (χ4v) is 6.09. The molecule has 0 spiro atoms. The lowest BCUT2D eigenvalue weighted by Gasteiger charge is -2.37. The molecular weight excluding hydrogens is 578 g/mol. The van der Waals surface area contributed by atoms with Crippen LogP contribution in [0.4, 0.5) is 0 Å². The number of carbonyl (C=O) groups is 3. The van der Waals surface area contributed by atoms with Crippen molar-refractivity contribution in [3.8, 4) is 0 Å². The quantitative estimate of drug-likeness (QED) is 0.0529. The molecule has 0 aliphatic rings. The van der Waals surface area contributed by atoms with Gasteiger partial charge in [0.05, 0.1) is 37.7 Å². The maximum absolute atomic E-state index is 11.5. The van der Waals surface area contributed by atoms with Crippen molar-refractivity contribution in [1.82, 2.24) is 0 Å². The van der Waals surface area contributed by atoms with Gasteiger partial charge in [-0.25, -0.2) is 0 Å². The Morgan fingerprint density at radius 2 is 0.848 bits per heavy atom. The van der Waals surface area contributed by atoms with E-state index in [1.54, 1.807) is 20.8 Å². The van der Waals surface area contributed by atoms with Crippen LogP contribution in [0, 0.1) is 17.8 Å². The molecule has 0 amide bonds. The molecule has 0 aromatic carbocycles. The molecule has 3 atom stereocenters. The zero-order chi connectivity index (χ0) is 34.5. The predicted octanol–water partition coefficient (Wildman–Crippen LogP) is 9.53. The number of allylic oxidation sites excluding steroid dienone is 1. The summed E-state index contributed by atoms with van der Waals surface area (Å²) in [7, 11) is 0. The fourth-order valence-electron chi connectivity index (χ4n) is 6.09. The highest BCUT2D eigenvalue weighted by Crippen LogP contribution is 2.22. The highest BCUT2D eigenvalue weighted by molar-refractivity contribution is 5.69. The summed E-state index contributed by atoms with van der Waals surface area (Å²) in [6.07, 6.45) is 33.5. The number of hydrogen-bond donors (Lipinski definition) is 2. The Bertz CT molecular complexity index is 738. The molecule has 0 heterocycles. The number of carbonyl (C=O) groups excluding carboxylic acids is 1. The molecule has 0 bridgehead atoms. The van der Waals surface area contributed by atoms with Gasteiger partial charge in [-0.3, -0.25) is 14.1 Å². The van der Waals surface area contributed by atoms with E-state index in [1.165, 1.54) is 122 Å². The second-order valence-electron chi connectivity index (χ2n) is 14.3. The number of carboxylic acids is 3. The molecule has 0 radical (unpaired) electrons. The number of unbranched alkanes of at least 4 members (excludes halogenated alkanes) is 20. The zero-order valence-electron chi connectivity index (χ0n) is 30.5. The molecule has 0 fully saturated rings. The Labute approximate surface area is 283 Å². The Morgan fingerprint density at radius 3 is 1.15 bits per heavy atom. The number of rotatable bonds is 34. The third-order valence-corrected chi connectivity index (χ3v) is 9.91. The van der Waals surface area contributed by atoms with E-state index >= 15 is 0 Å². The zero-order valence-corrected chi connectivity index (χ0v) is 30.5. The Morgan fingerprint density at radius 1 is 0.543 bits per heavy atom. The van der Waals surface area contributed by atoms with Gasteiger partial charge >= 0.3 is 11.9 Å². The van der Waals surface area contributed by atoms with Gasteiger partial charge in [0.25, 0.3) is 0 Å². The van der Waals surface area contributed by atoms with E-state index in [2.05, 4.69) is 19.2 Å². The molecule has 0 aliphatic carbocycles. The molecule has 0 saturated carbocycles. The van der Waals surface area contributed by atoms with E-state index in [-0.39, 0.29) is 0 Å². The van der Waals surface area contributed by atoms with Crippen LogP contribution < -0.4 is 5.11 Å². The van der Waals surface area contributed by atoms with Gasteiger partial charge in [0.1, 0.15) is 0 Å². The number of quaternary nitrogens is 1. The van der Waals surface area contributed by atoms with Gasteiger partial charge in [0.15, 0.2) is 0 Å². The molecule has 0 saturated heterocycles. The Kier molecular flexibility index (Phi) is 28.1. The first kappa shape index (κ1) is 44.1.